The minimum Gasteiger partial charge on any atom is -0.480 e. The summed E-state index contributed by atoms with van der Waals surface area (Å²) in [5, 5.41) is 15.3. The molecule has 0 aromatic carbocycles. The van der Waals surface area contributed by atoms with E-state index in [0.29, 0.717) is 0 Å². The summed E-state index contributed by atoms with van der Waals surface area (Å²) in [5.74, 6) is -2.96. The Morgan fingerprint density at radius 3 is 2.10 bits per heavy atom. The maximum absolute atomic E-state index is 11.9. The number of hydrogen-bond acceptors (Lipinski definition) is 6. The lowest BCUT2D eigenvalue weighted by Crippen LogP contribution is -2.55. The maximum Gasteiger partial charge on any atom is 0.322 e. The summed E-state index contributed by atoms with van der Waals surface area (Å²) in [7, 11) is 0. The topological polar surface area (TPSA) is 151 Å². The molecular formula is C11H20N4O5S. The van der Waals surface area contributed by atoms with Crippen molar-refractivity contribution >= 4 is 36.3 Å². The van der Waals surface area contributed by atoms with Crippen molar-refractivity contribution in [2.45, 2.75) is 32.0 Å². The van der Waals surface area contributed by atoms with Crippen molar-refractivity contribution in [1.29, 1.82) is 0 Å². The van der Waals surface area contributed by atoms with Gasteiger partial charge in [0.15, 0.2) is 0 Å². The van der Waals surface area contributed by atoms with Crippen LogP contribution in [0.1, 0.15) is 13.8 Å². The van der Waals surface area contributed by atoms with Crippen LogP contribution in [0.5, 0.6) is 0 Å². The highest BCUT2D eigenvalue weighted by Gasteiger charge is 2.24. The fraction of sp³-hybridized carbons (Fsp3) is 0.636. The number of carboxylic acids is 1. The first-order valence-electron chi connectivity index (χ1n) is 6.15. The van der Waals surface area contributed by atoms with Crippen molar-refractivity contribution in [3.05, 3.63) is 0 Å². The maximum atomic E-state index is 11.9. The zero-order valence-electron chi connectivity index (χ0n) is 11.8. The molecule has 0 saturated carbocycles. The van der Waals surface area contributed by atoms with Crippen molar-refractivity contribution in [3.8, 4) is 0 Å². The van der Waals surface area contributed by atoms with Gasteiger partial charge in [0.1, 0.15) is 18.6 Å². The third kappa shape index (κ3) is 7.51. The van der Waals surface area contributed by atoms with Gasteiger partial charge in [-0.25, -0.2) is 0 Å². The van der Waals surface area contributed by atoms with E-state index < -0.39 is 48.4 Å². The van der Waals surface area contributed by atoms with E-state index in [1.807, 2.05) is 0 Å². The highest BCUT2D eigenvalue weighted by molar-refractivity contribution is 7.80. The minimum atomic E-state index is -1.20. The lowest BCUT2D eigenvalue weighted by atomic mass is 10.2. The van der Waals surface area contributed by atoms with E-state index in [-0.39, 0.29) is 5.75 Å². The van der Waals surface area contributed by atoms with Crippen LogP contribution in [0.2, 0.25) is 0 Å². The lowest BCUT2D eigenvalue weighted by Gasteiger charge is -2.20. The molecule has 0 heterocycles. The predicted octanol–water partition coefficient (Wildman–Crippen LogP) is -2.55. The van der Waals surface area contributed by atoms with Crippen molar-refractivity contribution in [2.24, 2.45) is 5.73 Å². The number of carbonyl (C=O) groups is 4. The van der Waals surface area contributed by atoms with E-state index in [2.05, 4.69) is 28.6 Å². The van der Waals surface area contributed by atoms with Crippen LogP contribution < -0.4 is 21.7 Å². The summed E-state index contributed by atoms with van der Waals surface area (Å²) in [6, 6.07) is -2.68. The number of nitrogens with two attached hydrogens (primary N) is 1. The van der Waals surface area contributed by atoms with Crippen LogP contribution in [0.3, 0.4) is 0 Å². The Hall–Kier alpha value is -1.81. The van der Waals surface area contributed by atoms with Crippen LogP contribution in [0, 0.1) is 0 Å². The Balaban J connectivity index is 4.45. The second-order valence-corrected chi connectivity index (χ2v) is 4.74. The zero-order chi connectivity index (χ0) is 16.6. The Labute approximate surface area is 127 Å². The molecule has 0 bridgehead atoms. The van der Waals surface area contributed by atoms with E-state index in [1.54, 1.807) is 0 Å². The summed E-state index contributed by atoms with van der Waals surface area (Å²) in [4.78, 5) is 45.1. The summed E-state index contributed by atoms with van der Waals surface area (Å²) < 4.78 is 0. The summed E-state index contributed by atoms with van der Waals surface area (Å²) in [5.41, 5.74) is 5.37. The molecule has 10 heteroatoms. The second-order valence-electron chi connectivity index (χ2n) is 4.37. The number of carbonyl (C=O) groups excluding carboxylic acids is 3. The molecule has 0 aliphatic heterocycles. The fourth-order valence-corrected chi connectivity index (χ4v) is 1.45. The van der Waals surface area contributed by atoms with E-state index in [9.17, 15) is 19.2 Å². The van der Waals surface area contributed by atoms with Gasteiger partial charge in [-0.3, -0.25) is 19.2 Å². The van der Waals surface area contributed by atoms with Crippen LogP contribution in [0.4, 0.5) is 0 Å². The highest BCUT2D eigenvalue weighted by atomic mass is 32.1. The van der Waals surface area contributed by atoms with Gasteiger partial charge in [-0.1, -0.05) is 0 Å². The normalized spacial score (nSPS) is 14.5. The van der Waals surface area contributed by atoms with Crippen LogP contribution in [-0.4, -0.2) is 59.2 Å². The fourth-order valence-electron chi connectivity index (χ4n) is 1.19. The molecule has 0 saturated heterocycles. The quantitative estimate of drug-likeness (QED) is 0.271. The van der Waals surface area contributed by atoms with Gasteiger partial charge in [-0.05, 0) is 13.8 Å². The molecule has 0 fully saturated rings. The molecule has 0 aromatic rings. The molecule has 6 N–H and O–H groups in total. The predicted molar refractivity (Wildman–Crippen MR) is 77.7 cm³/mol. The van der Waals surface area contributed by atoms with Crippen LogP contribution in [0.15, 0.2) is 0 Å². The average molecular weight is 320 g/mol. The van der Waals surface area contributed by atoms with Gasteiger partial charge in [0.05, 0.1) is 6.04 Å². The number of amides is 3. The molecule has 3 amide bonds. The van der Waals surface area contributed by atoms with Gasteiger partial charge < -0.3 is 26.8 Å². The highest BCUT2D eigenvalue weighted by Crippen LogP contribution is 1.93. The molecule has 120 valence electrons. The van der Waals surface area contributed by atoms with E-state index >= 15 is 0 Å². The van der Waals surface area contributed by atoms with Gasteiger partial charge in [-0.15, -0.1) is 0 Å². The molecule has 0 radical (unpaired) electrons. The largest absolute Gasteiger partial charge is 0.480 e. The molecule has 0 aliphatic rings. The standard InChI is InChI=1S/C11H20N4O5S/c1-5(12)9(18)15-7(4-21)11(20)14-6(2)10(19)13-3-8(16)17/h5-7,21H,3-4,12H2,1-2H3,(H,13,19)(H,14,20)(H,15,18)(H,16,17). The molecule has 3 atom stereocenters. The summed E-state index contributed by atoms with van der Waals surface area (Å²) in [6.45, 7) is 2.30. The van der Waals surface area contributed by atoms with Crippen LogP contribution >= 0.6 is 12.6 Å². The molecule has 9 nitrogen and oxygen atoms in total. The van der Waals surface area contributed by atoms with Crippen LogP contribution in [0.25, 0.3) is 0 Å². The van der Waals surface area contributed by atoms with E-state index in [1.165, 1.54) is 13.8 Å². The van der Waals surface area contributed by atoms with Gasteiger partial charge in [-0.2, -0.15) is 12.6 Å². The van der Waals surface area contributed by atoms with Crippen molar-refractivity contribution < 1.29 is 24.3 Å². The Kier molecular flexibility index (Phi) is 8.39. The molecular weight excluding hydrogens is 300 g/mol. The number of rotatable bonds is 8. The Morgan fingerprint density at radius 2 is 1.67 bits per heavy atom. The molecule has 21 heavy (non-hydrogen) atoms. The van der Waals surface area contributed by atoms with Gasteiger partial charge in [0.25, 0.3) is 0 Å². The number of nitrogens with one attached hydrogen (secondary N) is 3. The third-order valence-electron chi connectivity index (χ3n) is 2.40. The zero-order valence-corrected chi connectivity index (χ0v) is 12.6. The SMILES string of the molecule is CC(N)C(=O)NC(CS)C(=O)NC(C)C(=O)NCC(=O)O. The third-order valence-corrected chi connectivity index (χ3v) is 2.76. The monoisotopic (exact) mass is 320 g/mol. The van der Waals surface area contributed by atoms with Gasteiger partial charge in [0.2, 0.25) is 17.7 Å². The second kappa shape index (κ2) is 9.19. The van der Waals surface area contributed by atoms with Gasteiger partial charge in [0, 0.05) is 5.75 Å². The smallest absolute Gasteiger partial charge is 0.322 e. The Bertz CT molecular complexity index is 415. The number of aliphatic carboxylic acids is 1. The minimum absolute atomic E-state index is 0.0216. The van der Waals surface area contributed by atoms with Crippen molar-refractivity contribution in [1.82, 2.24) is 16.0 Å². The van der Waals surface area contributed by atoms with Gasteiger partial charge >= 0.3 is 5.97 Å². The first-order valence-corrected chi connectivity index (χ1v) is 6.79. The molecule has 0 aromatic heterocycles. The first kappa shape index (κ1) is 19.2. The number of thiol groups is 1. The molecule has 0 aliphatic carbocycles. The summed E-state index contributed by atoms with van der Waals surface area (Å²) in [6.07, 6.45) is 0. The Morgan fingerprint density at radius 1 is 1.10 bits per heavy atom. The number of carboxylic acid groups (broad SMARTS) is 1. The molecule has 0 spiro atoms. The van der Waals surface area contributed by atoms with E-state index in [4.69, 9.17) is 10.8 Å². The number of hydrogen-bond donors (Lipinski definition) is 6. The lowest BCUT2D eigenvalue weighted by molar-refractivity contribution is -0.138. The molecule has 3 unspecified atom stereocenters. The van der Waals surface area contributed by atoms with E-state index in [0.717, 1.165) is 0 Å². The summed E-state index contributed by atoms with van der Waals surface area (Å²) >= 11 is 3.95. The van der Waals surface area contributed by atoms with Crippen LogP contribution in [-0.2, 0) is 19.2 Å². The first-order chi connectivity index (χ1) is 9.68. The average Bonchev–Trinajstić information content (AvgIpc) is 2.40. The van der Waals surface area contributed by atoms with Crippen molar-refractivity contribution in [3.63, 3.8) is 0 Å². The van der Waals surface area contributed by atoms with Crippen molar-refractivity contribution in [2.75, 3.05) is 12.3 Å². The molecule has 0 rings (SSSR count).